The van der Waals surface area contributed by atoms with Gasteiger partial charge in [0.05, 0.1) is 11.2 Å². The molecule has 1 aromatic heterocycles. The molecule has 0 saturated heterocycles. The van der Waals surface area contributed by atoms with Crippen molar-refractivity contribution < 1.29 is 18.3 Å². The van der Waals surface area contributed by atoms with Crippen LogP contribution >= 0.6 is 0 Å². The van der Waals surface area contributed by atoms with Gasteiger partial charge in [0.2, 0.25) is 0 Å². The Bertz CT molecular complexity index is 591. The van der Waals surface area contributed by atoms with Crippen molar-refractivity contribution in [1.82, 2.24) is 4.57 Å². The monoisotopic (exact) mass is 257 g/mol. The van der Waals surface area contributed by atoms with Crippen molar-refractivity contribution in [1.29, 1.82) is 0 Å². The maximum Gasteiger partial charge on any atom is 0.416 e. The van der Waals surface area contributed by atoms with Gasteiger partial charge in [-0.25, -0.2) is 0 Å². The smallest absolute Gasteiger partial charge is 0.386 e. The van der Waals surface area contributed by atoms with E-state index in [9.17, 15) is 18.3 Å². The molecule has 0 spiro atoms. The first kappa shape index (κ1) is 13.0. The van der Waals surface area contributed by atoms with Gasteiger partial charge in [0.1, 0.15) is 0 Å². The van der Waals surface area contributed by atoms with E-state index in [2.05, 4.69) is 0 Å². The van der Waals surface area contributed by atoms with Crippen LogP contribution in [0.3, 0.4) is 0 Å². The van der Waals surface area contributed by atoms with Gasteiger partial charge in [-0.1, -0.05) is 0 Å². The predicted octanol–water partition coefficient (Wildman–Crippen LogP) is 3.42. The third-order valence-corrected chi connectivity index (χ3v) is 2.98. The van der Waals surface area contributed by atoms with Crippen molar-refractivity contribution in [3.63, 3.8) is 0 Å². The van der Waals surface area contributed by atoms with E-state index in [1.807, 2.05) is 0 Å². The Morgan fingerprint density at radius 2 is 1.78 bits per heavy atom. The Morgan fingerprint density at radius 3 is 2.28 bits per heavy atom. The molecular weight excluding hydrogens is 243 g/mol. The lowest BCUT2D eigenvalue weighted by Gasteiger charge is -2.16. The molecule has 2 aromatic rings. The first-order valence-corrected chi connectivity index (χ1v) is 5.50. The summed E-state index contributed by atoms with van der Waals surface area (Å²) in [5.41, 5.74) is -0.720. The van der Waals surface area contributed by atoms with Gasteiger partial charge in [-0.2, -0.15) is 13.2 Å². The number of aromatic nitrogens is 1. The highest BCUT2D eigenvalue weighted by atomic mass is 19.4. The van der Waals surface area contributed by atoms with Crippen LogP contribution in [0.5, 0.6) is 0 Å². The first-order valence-electron chi connectivity index (χ1n) is 5.50. The number of aryl methyl sites for hydroxylation is 1. The van der Waals surface area contributed by atoms with E-state index in [0.717, 1.165) is 12.1 Å². The van der Waals surface area contributed by atoms with Crippen molar-refractivity contribution >= 4 is 10.9 Å². The van der Waals surface area contributed by atoms with Crippen LogP contribution in [0, 0.1) is 0 Å². The average molecular weight is 257 g/mol. The van der Waals surface area contributed by atoms with Crippen LogP contribution in [-0.2, 0) is 18.8 Å². The van der Waals surface area contributed by atoms with Crippen LogP contribution in [0.4, 0.5) is 13.2 Å². The molecule has 0 fully saturated rings. The van der Waals surface area contributed by atoms with E-state index < -0.39 is 17.3 Å². The number of benzene rings is 1. The van der Waals surface area contributed by atoms with Gasteiger partial charge in [-0.15, -0.1) is 0 Å². The van der Waals surface area contributed by atoms with Crippen molar-refractivity contribution in [2.45, 2.75) is 25.6 Å². The number of aliphatic hydroxyl groups is 1. The fourth-order valence-corrected chi connectivity index (χ4v) is 2.06. The summed E-state index contributed by atoms with van der Waals surface area (Å²) in [4.78, 5) is 0. The lowest BCUT2D eigenvalue weighted by atomic mass is 9.97. The highest BCUT2D eigenvalue weighted by molar-refractivity contribution is 5.85. The van der Waals surface area contributed by atoms with E-state index in [1.54, 1.807) is 31.7 Å². The molecule has 0 amide bonds. The van der Waals surface area contributed by atoms with E-state index in [4.69, 9.17) is 0 Å². The first-order chi connectivity index (χ1) is 8.10. The molecule has 0 radical (unpaired) electrons. The normalized spacial score (nSPS) is 13.3. The topological polar surface area (TPSA) is 25.2 Å². The number of rotatable bonds is 1. The minimum Gasteiger partial charge on any atom is -0.386 e. The van der Waals surface area contributed by atoms with Gasteiger partial charge in [-0.3, -0.25) is 0 Å². The molecule has 5 heteroatoms. The number of fused-ring (bicyclic) bond motifs is 1. The van der Waals surface area contributed by atoms with Gasteiger partial charge in [0.15, 0.2) is 0 Å². The predicted molar refractivity (Wildman–Crippen MR) is 63.2 cm³/mol. The molecule has 0 atom stereocenters. The second kappa shape index (κ2) is 3.75. The van der Waals surface area contributed by atoms with Gasteiger partial charge in [-0.05, 0) is 32.0 Å². The Labute approximate surface area is 103 Å². The number of hydrogen-bond donors (Lipinski definition) is 1. The standard InChI is InChI=1S/C13H14F3NO/c1-12(2,18)10-7-17(3)11-5-4-8(6-9(10)11)13(14,15)16/h4-7,18H,1-3H3. The molecule has 1 N–H and O–H groups in total. The Morgan fingerprint density at radius 1 is 1.17 bits per heavy atom. The van der Waals surface area contributed by atoms with E-state index in [0.29, 0.717) is 16.5 Å². The molecule has 0 aliphatic rings. The van der Waals surface area contributed by atoms with Crippen molar-refractivity contribution in [3.8, 4) is 0 Å². The van der Waals surface area contributed by atoms with Crippen molar-refractivity contribution in [3.05, 3.63) is 35.5 Å². The summed E-state index contributed by atoms with van der Waals surface area (Å²) in [5, 5.41) is 10.4. The summed E-state index contributed by atoms with van der Waals surface area (Å²) in [5.74, 6) is 0. The summed E-state index contributed by atoms with van der Waals surface area (Å²) in [6.07, 6.45) is -2.72. The van der Waals surface area contributed by atoms with Crippen LogP contribution in [0.25, 0.3) is 10.9 Å². The van der Waals surface area contributed by atoms with Crippen LogP contribution in [0.1, 0.15) is 25.0 Å². The largest absolute Gasteiger partial charge is 0.416 e. The quantitative estimate of drug-likeness (QED) is 0.832. The summed E-state index contributed by atoms with van der Waals surface area (Å²) < 4.78 is 39.8. The van der Waals surface area contributed by atoms with E-state index in [1.165, 1.54) is 6.07 Å². The fourth-order valence-electron chi connectivity index (χ4n) is 2.06. The van der Waals surface area contributed by atoms with Gasteiger partial charge in [0, 0.05) is 29.7 Å². The minimum absolute atomic E-state index is 0.430. The Kier molecular flexibility index (Phi) is 2.70. The second-order valence-electron chi connectivity index (χ2n) is 4.94. The van der Waals surface area contributed by atoms with Crippen molar-refractivity contribution in [2.24, 2.45) is 7.05 Å². The number of hydrogen-bond acceptors (Lipinski definition) is 1. The van der Waals surface area contributed by atoms with Crippen LogP contribution in [0.2, 0.25) is 0 Å². The van der Waals surface area contributed by atoms with Gasteiger partial charge >= 0.3 is 6.18 Å². The molecule has 1 aromatic carbocycles. The number of halogens is 3. The molecule has 1 heterocycles. The maximum atomic E-state index is 12.7. The molecule has 2 rings (SSSR count). The molecule has 2 nitrogen and oxygen atoms in total. The molecule has 0 aliphatic heterocycles. The Balaban J connectivity index is 2.75. The summed E-state index contributed by atoms with van der Waals surface area (Å²) >= 11 is 0. The zero-order valence-electron chi connectivity index (χ0n) is 10.3. The Hall–Kier alpha value is -1.49. The third kappa shape index (κ3) is 2.10. The number of alkyl halides is 3. The molecule has 0 unspecified atom stereocenters. The lowest BCUT2D eigenvalue weighted by molar-refractivity contribution is -0.137. The van der Waals surface area contributed by atoms with Gasteiger partial charge < -0.3 is 9.67 Å². The summed E-state index contributed by atoms with van der Waals surface area (Å²) in [6, 6.07) is 3.56. The second-order valence-corrected chi connectivity index (χ2v) is 4.94. The SMILES string of the molecule is Cn1cc(C(C)(C)O)c2cc(C(F)(F)F)ccc21. The average Bonchev–Trinajstić information content (AvgIpc) is 2.54. The summed E-state index contributed by atoms with van der Waals surface area (Å²) in [7, 11) is 1.74. The zero-order valence-corrected chi connectivity index (χ0v) is 10.3. The fraction of sp³-hybridized carbons (Fsp3) is 0.385. The highest BCUT2D eigenvalue weighted by Crippen LogP contribution is 2.35. The number of nitrogens with zero attached hydrogens (tertiary/aromatic N) is 1. The highest BCUT2D eigenvalue weighted by Gasteiger charge is 2.31. The molecule has 0 bridgehead atoms. The molecular formula is C13H14F3NO. The van der Waals surface area contributed by atoms with E-state index in [-0.39, 0.29) is 0 Å². The lowest BCUT2D eigenvalue weighted by Crippen LogP contribution is -2.15. The maximum absolute atomic E-state index is 12.7. The van der Waals surface area contributed by atoms with Crippen molar-refractivity contribution in [2.75, 3.05) is 0 Å². The van der Waals surface area contributed by atoms with Crippen LogP contribution in [-0.4, -0.2) is 9.67 Å². The molecule has 0 aliphatic carbocycles. The van der Waals surface area contributed by atoms with Gasteiger partial charge in [0.25, 0.3) is 0 Å². The molecule has 98 valence electrons. The van der Waals surface area contributed by atoms with E-state index >= 15 is 0 Å². The van der Waals surface area contributed by atoms with Crippen LogP contribution in [0.15, 0.2) is 24.4 Å². The summed E-state index contributed by atoms with van der Waals surface area (Å²) in [6.45, 7) is 3.12. The zero-order chi connectivity index (χ0) is 13.7. The third-order valence-electron chi connectivity index (χ3n) is 2.98. The van der Waals surface area contributed by atoms with Crippen LogP contribution < -0.4 is 0 Å². The minimum atomic E-state index is -4.37. The molecule has 0 saturated carbocycles. The molecule has 18 heavy (non-hydrogen) atoms.